The molecule has 4 nitrogen and oxygen atoms in total. The molecule has 0 aromatic carbocycles. The van der Waals surface area contributed by atoms with E-state index in [1.54, 1.807) is 6.08 Å². The topological polar surface area (TPSA) is 54.5 Å². The minimum absolute atomic E-state index is 0.00315. The van der Waals surface area contributed by atoms with E-state index in [4.69, 9.17) is 0 Å². The van der Waals surface area contributed by atoms with E-state index in [9.17, 15) is 13.2 Å². The average molecular weight is 255 g/mol. The number of carbonyl (C=O) groups is 1. The molecule has 3 atom stereocenters. The van der Waals surface area contributed by atoms with Gasteiger partial charge in [-0.1, -0.05) is 12.5 Å². The Balaban J connectivity index is 1.84. The Kier molecular flexibility index (Phi) is 2.63. The number of hydrogen-bond donors (Lipinski definition) is 0. The monoisotopic (exact) mass is 255 g/mol. The zero-order valence-corrected chi connectivity index (χ0v) is 10.5. The first-order valence-corrected chi connectivity index (χ1v) is 7.97. The van der Waals surface area contributed by atoms with Crippen molar-refractivity contribution in [2.45, 2.75) is 50.2 Å². The van der Waals surface area contributed by atoms with Crippen LogP contribution in [0.25, 0.3) is 0 Å². The van der Waals surface area contributed by atoms with Gasteiger partial charge >= 0.3 is 0 Å². The Morgan fingerprint density at radius 2 is 1.82 bits per heavy atom. The predicted molar refractivity (Wildman–Crippen MR) is 64.2 cm³/mol. The molecule has 3 aliphatic rings. The summed E-state index contributed by atoms with van der Waals surface area (Å²) in [6.07, 6.45) is 6.26. The lowest BCUT2D eigenvalue weighted by Gasteiger charge is -2.47. The van der Waals surface area contributed by atoms with Crippen LogP contribution in [0.4, 0.5) is 0 Å². The Bertz CT molecular complexity index is 452. The molecule has 0 radical (unpaired) electrons. The van der Waals surface area contributed by atoms with E-state index in [-0.39, 0.29) is 23.9 Å². The second-order valence-corrected chi connectivity index (χ2v) is 7.29. The summed E-state index contributed by atoms with van der Waals surface area (Å²) in [4.78, 5) is 13.9. The minimum Gasteiger partial charge on any atom is -0.300 e. The largest absolute Gasteiger partial charge is 0.300 e. The molecular weight excluding hydrogens is 238 g/mol. The highest BCUT2D eigenvalue weighted by Gasteiger charge is 2.42. The van der Waals surface area contributed by atoms with Gasteiger partial charge in [-0.3, -0.25) is 9.69 Å². The second kappa shape index (κ2) is 3.92. The molecular formula is C12H17NO3S. The van der Waals surface area contributed by atoms with Gasteiger partial charge in [-0.05, 0) is 12.8 Å². The number of Topliss-reactive ketones (excluding diaryl/α,β-unsaturated/α-hetero) is 1. The van der Waals surface area contributed by atoms with Crippen LogP contribution in [0, 0.1) is 0 Å². The predicted octanol–water partition coefficient (Wildman–Crippen LogP) is 0.883. The third-order valence-corrected chi connectivity index (χ3v) is 5.52. The molecule has 3 heterocycles. The van der Waals surface area contributed by atoms with Gasteiger partial charge in [0.1, 0.15) is 5.78 Å². The summed E-state index contributed by atoms with van der Waals surface area (Å²) in [6, 6.07) is 0.555. The Morgan fingerprint density at radius 3 is 2.35 bits per heavy atom. The summed E-state index contributed by atoms with van der Waals surface area (Å²) < 4.78 is 23.0. The zero-order chi connectivity index (χ0) is 12.0. The lowest BCUT2D eigenvalue weighted by Crippen LogP contribution is -2.56. The number of carbonyl (C=O) groups excluding carboxylic acids is 1. The van der Waals surface area contributed by atoms with E-state index in [2.05, 4.69) is 4.90 Å². The molecule has 3 aliphatic heterocycles. The summed E-state index contributed by atoms with van der Waals surface area (Å²) in [5.74, 6) is 0.551. The molecule has 3 rings (SSSR count). The van der Waals surface area contributed by atoms with Gasteiger partial charge < -0.3 is 0 Å². The number of hydrogen-bond acceptors (Lipinski definition) is 4. The van der Waals surface area contributed by atoms with Crippen molar-refractivity contribution in [2.24, 2.45) is 0 Å². The van der Waals surface area contributed by atoms with Crippen LogP contribution < -0.4 is 0 Å². The van der Waals surface area contributed by atoms with Crippen molar-refractivity contribution >= 4 is 15.6 Å². The summed E-state index contributed by atoms with van der Waals surface area (Å²) >= 11 is 0. The van der Waals surface area contributed by atoms with Crippen molar-refractivity contribution in [2.75, 3.05) is 5.75 Å². The molecule has 17 heavy (non-hydrogen) atoms. The molecule has 0 spiro atoms. The Hall–Kier alpha value is -0.680. The zero-order valence-electron chi connectivity index (χ0n) is 9.71. The van der Waals surface area contributed by atoms with E-state index in [0.29, 0.717) is 18.6 Å². The van der Waals surface area contributed by atoms with E-state index in [1.807, 2.05) is 0 Å². The summed E-state index contributed by atoms with van der Waals surface area (Å²) in [5, 5.41) is 1.34. The van der Waals surface area contributed by atoms with Crippen molar-refractivity contribution in [1.82, 2.24) is 4.90 Å². The lowest BCUT2D eigenvalue weighted by molar-refractivity contribution is -0.127. The third kappa shape index (κ3) is 2.06. The van der Waals surface area contributed by atoms with Gasteiger partial charge in [-0.2, -0.15) is 0 Å². The van der Waals surface area contributed by atoms with Crippen LogP contribution in [0.5, 0.6) is 0 Å². The molecule has 2 fully saturated rings. The van der Waals surface area contributed by atoms with Gasteiger partial charge in [-0.25, -0.2) is 8.42 Å². The number of nitrogens with zero attached hydrogens (tertiary/aromatic N) is 1. The molecule has 3 unspecified atom stereocenters. The van der Waals surface area contributed by atoms with Gasteiger partial charge in [0.05, 0.1) is 5.75 Å². The standard InChI is InChI=1S/C12H17NO3S/c14-12-6-9-2-1-3-10(7-12)13(9)11-4-5-17(15,16)8-11/h4-5,9-11H,1-3,6-8H2. The van der Waals surface area contributed by atoms with E-state index in [0.717, 1.165) is 12.8 Å². The summed E-state index contributed by atoms with van der Waals surface area (Å²) in [5.41, 5.74) is 0. The molecule has 0 aliphatic carbocycles. The molecule has 94 valence electrons. The number of ketones is 1. The first kappa shape index (κ1) is 11.4. The molecule has 0 saturated carbocycles. The number of sulfone groups is 1. The Labute approximate surface area is 102 Å². The van der Waals surface area contributed by atoms with Crippen LogP contribution in [0.3, 0.4) is 0 Å². The van der Waals surface area contributed by atoms with Crippen LogP contribution in [-0.2, 0) is 14.6 Å². The molecule has 2 saturated heterocycles. The molecule has 0 N–H and O–H groups in total. The molecule has 0 aromatic heterocycles. The smallest absolute Gasteiger partial charge is 0.173 e. The van der Waals surface area contributed by atoms with E-state index in [1.165, 1.54) is 11.8 Å². The molecule has 0 amide bonds. The maximum atomic E-state index is 11.6. The van der Waals surface area contributed by atoms with Crippen LogP contribution in [0.1, 0.15) is 32.1 Å². The minimum atomic E-state index is -3.00. The fraction of sp³-hybridized carbons (Fsp3) is 0.750. The van der Waals surface area contributed by atoms with Gasteiger partial charge in [0.15, 0.2) is 9.84 Å². The quantitative estimate of drug-likeness (QED) is 0.698. The third-order valence-electron chi connectivity index (χ3n) is 4.14. The first-order chi connectivity index (χ1) is 8.05. The van der Waals surface area contributed by atoms with Crippen molar-refractivity contribution in [3.63, 3.8) is 0 Å². The SMILES string of the molecule is O=C1CC2CCCC(C1)N2C1C=CS(=O)(=O)C1. The highest BCUT2D eigenvalue weighted by atomic mass is 32.2. The number of fused-ring (bicyclic) bond motifs is 2. The van der Waals surface area contributed by atoms with Crippen molar-refractivity contribution in [1.29, 1.82) is 0 Å². The number of piperidine rings is 2. The van der Waals surface area contributed by atoms with Crippen LogP contribution >= 0.6 is 0 Å². The van der Waals surface area contributed by atoms with Crippen LogP contribution in [0.15, 0.2) is 11.5 Å². The second-order valence-electron chi connectivity index (χ2n) is 5.36. The van der Waals surface area contributed by atoms with Gasteiger partial charge in [0.2, 0.25) is 0 Å². The summed E-state index contributed by atoms with van der Waals surface area (Å²) in [6.45, 7) is 0. The van der Waals surface area contributed by atoms with Crippen LogP contribution in [0.2, 0.25) is 0 Å². The number of rotatable bonds is 1. The highest BCUT2D eigenvalue weighted by Crippen LogP contribution is 2.35. The Morgan fingerprint density at radius 1 is 1.18 bits per heavy atom. The van der Waals surface area contributed by atoms with E-state index >= 15 is 0 Å². The van der Waals surface area contributed by atoms with Crippen molar-refractivity contribution < 1.29 is 13.2 Å². The maximum Gasteiger partial charge on any atom is 0.173 e. The van der Waals surface area contributed by atoms with E-state index < -0.39 is 9.84 Å². The van der Waals surface area contributed by atoms with Crippen molar-refractivity contribution in [3.05, 3.63) is 11.5 Å². The maximum absolute atomic E-state index is 11.6. The summed E-state index contributed by atoms with van der Waals surface area (Å²) in [7, 11) is -3.00. The van der Waals surface area contributed by atoms with Crippen molar-refractivity contribution in [3.8, 4) is 0 Å². The molecule has 5 heteroatoms. The fourth-order valence-electron chi connectivity index (χ4n) is 3.50. The fourth-order valence-corrected chi connectivity index (χ4v) is 4.79. The van der Waals surface area contributed by atoms with Gasteiger partial charge in [0, 0.05) is 36.4 Å². The highest BCUT2D eigenvalue weighted by molar-refractivity contribution is 7.94. The van der Waals surface area contributed by atoms with Gasteiger partial charge in [0.25, 0.3) is 0 Å². The molecule has 0 aromatic rings. The first-order valence-electron chi connectivity index (χ1n) is 6.25. The molecule has 2 bridgehead atoms. The van der Waals surface area contributed by atoms with Crippen LogP contribution in [-0.4, -0.2) is 43.0 Å². The normalized spacial score (nSPS) is 40.7. The lowest BCUT2D eigenvalue weighted by atomic mass is 9.82. The van der Waals surface area contributed by atoms with Gasteiger partial charge in [-0.15, -0.1) is 0 Å². The average Bonchev–Trinajstić information content (AvgIpc) is 2.57.